The first-order chi connectivity index (χ1) is 13.2. The molecule has 0 bridgehead atoms. The number of aromatic nitrogens is 5. The van der Waals surface area contributed by atoms with E-state index in [0.717, 1.165) is 16.9 Å². The average Bonchev–Trinajstić information content (AvgIpc) is 3.36. The molecule has 0 spiro atoms. The highest BCUT2D eigenvalue weighted by Crippen LogP contribution is 2.27. The number of imidazole rings is 1. The Morgan fingerprint density at radius 1 is 1.26 bits per heavy atom. The van der Waals surface area contributed by atoms with E-state index in [1.807, 2.05) is 55.6 Å². The predicted molar refractivity (Wildman–Crippen MR) is 107 cm³/mol. The van der Waals surface area contributed by atoms with E-state index in [1.165, 1.54) is 11.8 Å². The van der Waals surface area contributed by atoms with Crippen molar-refractivity contribution in [3.8, 4) is 5.82 Å². The second kappa shape index (κ2) is 7.63. The number of pyridine rings is 1. The van der Waals surface area contributed by atoms with Gasteiger partial charge in [0.25, 0.3) is 0 Å². The van der Waals surface area contributed by atoms with Crippen LogP contribution in [0.4, 0.5) is 5.69 Å². The minimum Gasteiger partial charge on any atom is -0.341 e. The summed E-state index contributed by atoms with van der Waals surface area (Å²) in [4.78, 5) is 24.4. The van der Waals surface area contributed by atoms with Crippen molar-refractivity contribution >= 4 is 34.4 Å². The molecule has 0 saturated heterocycles. The molecule has 1 aromatic carbocycles. The molecule has 0 aliphatic carbocycles. The normalized spacial score (nSPS) is 12.2. The Balaban J connectivity index is 1.32. The fraction of sp³-hybridized carbons (Fsp3) is 0.158. The van der Waals surface area contributed by atoms with Crippen LogP contribution in [0.3, 0.4) is 0 Å². The number of nitrogens with one attached hydrogen (secondary N) is 2. The zero-order valence-electron chi connectivity index (χ0n) is 14.7. The molecule has 0 saturated carbocycles. The van der Waals surface area contributed by atoms with E-state index < -0.39 is 0 Å². The fourth-order valence-corrected chi connectivity index (χ4v) is 3.38. The van der Waals surface area contributed by atoms with E-state index in [4.69, 9.17) is 0 Å². The second-order valence-electron chi connectivity index (χ2n) is 6.00. The maximum atomic E-state index is 12.2. The number of rotatable bonds is 6. The number of hydrogen-bond donors (Lipinski definition) is 2. The lowest BCUT2D eigenvalue weighted by Gasteiger charge is -2.09. The SMILES string of the molecule is CC(SCC(=O)Nc1ccc(-n2cccn2)nc1)c1nc2ccccc2[nH]1. The number of H-pyrrole nitrogens is 1. The molecule has 3 aromatic heterocycles. The van der Waals surface area contributed by atoms with Gasteiger partial charge in [0.15, 0.2) is 5.82 Å². The van der Waals surface area contributed by atoms with Crippen LogP contribution >= 0.6 is 11.8 Å². The second-order valence-corrected chi connectivity index (χ2v) is 7.33. The number of anilines is 1. The third-order valence-corrected chi connectivity index (χ3v) is 5.18. The molecule has 136 valence electrons. The van der Waals surface area contributed by atoms with Gasteiger partial charge in [-0.15, -0.1) is 11.8 Å². The molecule has 1 unspecified atom stereocenters. The molecule has 0 aliphatic rings. The van der Waals surface area contributed by atoms with E-state index in [9.17, 15) is 4.79 Å². The summed E-state index contributed by atoms with van der Waals surface area (Å²) in [6.07, 6.45) is 5.14. The van der Waals surface area contributed by atoms with Crippen LogP contribution in [0, 0.1) is 0 Å². The molecule has 0 aliphatic heterocycles. The van der Waals surface area contributed by atoms with Gasteiger partial charge in [-0.1, -0.05) is 12.1 Å². The van der Waals surface area contributed by atoms with Crippen LogP contribution in [0.1, 0.15) is 18.0 Å². The molecule has 27 heavy (non-hydrogen) atoms. The number of para-hydroxylation sites is 2. The fourth-order valence-electron chi connectivity index (χ4n) is 2.64. The number of hydrogen-bond acceptors (Lipinski definition) is 5. The van der Waals surface area contributed by atoms with Crippen molar-refractivity contribution in [1.82, 2.24) is 24.7 Å². The van der Waals surface area contributed by atoms with Gasteiger partial charge in [-0.05, 0) is 37.3 Å². The van der Waals surface area contributed by atoms with Crippen molar-refractivity contribution < 1.29 is 4.79 Å². The summed E-state index contributed by atoms with van der Waals surface area (Å²) in [6.45, 7) is 2.04. The maximum Gasteiger partial charge on any atom is 0.234 e. The lowest BCUT2D eigenvalue weighted by Crippen LogP contribution is -2.15. The zero-order chi connectivity index (χ0) is 18.6. The van der Waals surface area contributed by atoms with Gasteiger partial charge >= 0.3 is 0 Å². The quantitative estimate of drug-likeness (QED) is 0.535. The first-order valence-electron chi connectivity index (χ1n) is 8.51. The number of benzene rings is 1. The average molecular weight is 378 g/mol. The molecule has 4 rings (SSSR count). The van der Waals surface area contributed by atoms with E-state index in [-0.39, 0.29) is 11.2 Å². The Hall–Kier alpha value is -3.13. The van der Waals surface area contributed by atoms with Crippen LogP contribution in [-0.2, 0) is 4.79 Å². The minimum absolute atomic E-state index is 0.0726. The lowest BCUT2D eigenvalue weighted by atomic mass is 10.3. The van der Waals surface area contributed by atoms with Gasteiger partial charge in [0.2, 0.25) is 5.91 Å². The monoisotopic (exact) mass is 378 g/mol. The summed E-state index contributed by atoms with van der Waals surface area (Å²) in [5.74, 6) is 1.83. The number of fused-ring (bicyclic) bond motifs is 1. The van der Waals surface area contributed by atoms with Crippen molar-refractivity contribution in [2.45, 2.75) is 12.2 Å². The first-order valence-corrected chi connectivity index (χ1v) is 9.56. The van der Waals surface area contributed by atoms with Gasteiger partial charge in [-0.2, -0.15) is 5.10 Å². The minimum atomic E-state index is -0.0726. The zero-order valence-corrected chi connectivity index (χ0v) is 15.5. The highest BCUT2D eigenvalue weighted by molar-refractivity contribution is 8.00. The maximum absolute atomic E-state index is 12.2. The highest BCUT2D eigenvalue weighted by Gasteiger charge is 2.13. The van der Waals surface area contributed by atoms with E-state index in [2.05, 4.69) is 25.4 Å². The van der Waals surface area contributed by atoms with Crippen molar-refractivity contribution in [3.63, 3.8) is 0 Å². The van der Waals surface area contributed by atoms with Crippen molar-refractivity contribution in [2.24, 2.45) is 0 Å². The number of thioether (sulfide) groups is 1. The third-order valence-electron chi connectivity index (χ3n) is 4.03. The van der Waals surface area contributed by atoms with Crippen LogP contribution < -0.4 is 5.32 Å². The first kappa shape index (κ1) is 17.3. The summed E-state index contributed by atoms with van der Waals surface area (Å²) in [6, 6.07) is 13.4. The largest absolute Gasteiger partial charge is 0.341 e. The van der Waals surface area contributed by atoms with E-state index >= 15 is 0 Å². The van der Waals surface area contributed by atoms with E-state index in [0.29, 0.717) is 17.3 Å². The van der Waals surface area contributed by atoms with Crippen molar-refractivity contribution in [2.75, 3.05) is 11.1 Å². The smallest absolute Gasteiger partial charge is 0.234 e. The lowest BCUT2D eigenvalue weighted by molar-refractivity contribution is -0.113. The predicted octanol–water partition coefficient (Wildman–Crippen LogP) is 3.58. The molecule has 7 nitrogen and oxygen atoms in total. The van der Waals surface area contributed by atoms with E-state index in [1.54, 1.807) is 17.1 Å². The number of aromatic amines is 1. The van der Waals surface area contributed by atoms with Gasteiger partial charge in [0.05, 0.1) is 33.9 Å². The van der Waals surface area contributed by atoms with Crippen LogP contribution in [0.5, 0.6) is 0 Å². The summed E-state index contributed by atoms with van der Waals surface area (Å²) in [7, 11) is 0. The Morgan fingerprint density at radius 2 is 2.15 bits per heavy atom. The summed E-state index contributed by atoms with van der Waals surface area (Å²) in [5, 5.41) is 7.08. The molecule has 3 heterocycles. The molecule has 1 atom stereocenters. The van der Waals surface area contributed by atoms with Gasteiger partial charge in [-0.25, -0.2) is 14.6 Å². The Labute approximate surface area is 160 Å². The van der Waals surface area contributed by atoms with Crippen LogP contribution in [-0.4, -0.2) is 36.4 Å². The Bertz CT molecular complexity index is 1010. The highest BCUT2D eigenvalue weighted by atomic mass is 32.2. The Morgan fingerprint density at radius 3 is 2.89 bits per heavy atom. The topological polar surface area (TPSA) is 88.5 Å². The van der Waals surface area contributed by atoms with Gasteiger partial charge in [0.1, 0.15) is 5.82 Å². The molecule has 0 fully saturated rings. The number of carbonyl (C=O) groups is 1. The number of amides is 1. The molecule has 0 radical (unpaired) electrons. The number of nitrogens with zero attached hydrogens (tertiary/aromatic N) is 4. The van der Waals surface area contributed by atoms with Gasteiger partial charge < -0.3 is 10.3 Å². The summed E-state index contributed by atoms with van der Waals surface area (Å²) < 4.78 is 1.66. The van der Waals surface area contributed by atoms with Crippen molar-refractivity contribution in [1.29, 1.82) is 0 Å². The third kappa shape index (κ3) is 4.01. The molecule has 4 aromatic rings. The Kier molecular flexibility index (Phi) is 4.88. The summed E-state index contributed by atoms with van der Waals surface area (Å²) >= 11 is 1.53. The molecule has 8 heteroatoms. The van der Waals surface area contributed by atoms with Crippen LogP contribution in [0.25, 0.3) is 16.9 Å². The van der Waals surface area contributed by atoms with Crippen molar-refractivity contribution in [3.05, 3.63) is 66.9 Å². The van der Waals surface area contributed by atoms with Gasteiger partial charge in [-0.3, -0.25) is 4.79 Å². The molecule has 2 N–H and O–H groups in total. The van der Waals surface area contributed by atoms with Crippen LogP contribution in [0.15, 0.2) is 61.1 Å². The standard InChI is InChI=1S/C19H18N6OS/c1-13(19-23-15-5-2-3-6-16(15)24-19)27-12-18(26)22-14-7-8-17(20-11-14)25-10-4-9-21-25/h2-11,13H,12H2,1H3,(H,22,26)(H,23,24). The molecular weight excluding hydrogens is 360 g/mol. The van der Waals surface area contributed by atoms with Gasteiger partial charge in [0, 0.05) is 12.4 Å². The summed E-state index contributed by atoms with van der Waals surface area (Å²) in [5.41, 5.74) is 2.60. The molecule has 1 amide bonds. The molecular formula is C19H18N6OS. The number of carbonyl (C=O) groups excluding carboxylic acids is 1. The van der Waals surface area contributed by atoms with Crippen LogP contribution in [0.2, 0.25) is 0 Å².